The van der Waals surface area contributed by atoms with E-state index in [4.69, 9.17) is 16.3 Å². The highest BCUT2D eigenvalue weighted by atomic mass is 79.9. The van der Waals surface area contributed by atoms with Crippen LogP contribution in [-0.2, 0) is 11.4 Å². The van der Waals surface area contributed by atoms with Crippen molar-refractivity contribution >= 4 is 66.8 Å². The number of amides is 1. The Hall–Kier alpha value is -3.19. The van der Waals surface area contributed by atoms with E-state index in [1.165, 1.54) is 18.2 Å². The summed E-state index contributed by atoms with van der Waals surface area (Å²) in [6.45, 7) is 0.0637. The number of carbonyl (C=O) groups excluding carboxylic acids is 1. The van der Waals surface area contributed by atoms with Crippen LogP contribution in [0.15, 0.2) is 75.2 Å². The van der Waals surface area contributed by atoms with Crippen molar-refractivity contribution in [3.63, 3.8) is 0 Å². The molecular weight excluding hydrogens is 578 g/mol. The molecule has 0 aromatic heterocycles. The van der Waals surface area contributed by atoms with E-state index in [0.29, 0.717) is 27.0 Å². The van der Waals surface area contributed by atoms with Crippen molar-refractivity contribution in [3.8, 4) is 11.8 Å². The van der Waals surface area contributed by atoms with E-state index in [1.54, 1.807) is 48.5 Å². The van der Waals surface area contributed by atoms with E-state index >= 15 is 0 Å². The van der Waals surface area contributed by atoms with Crippen molar-refractivity contribution in [1.29, 1.82) is 5.26 Å². The Morgan fingerprint density at radius 2 is 1.91 bits per heavy atom. The highest BCUT2D eigenvalue weighted by Gasteiger charge is 2.14. The van der Waals surface area contributed by atoms with Gasteiger partial charge < -0.3 is 10.1 Å². The van der Waals surface area contributed by atoms with E-state index in [0.717, 1.165) is 4.47 Å². The number of nitriles is 1. The first-order valence-electron chi connectivity index (χ1n) is 9.30. The van der Waals surface area contributed by atoms with Gasteiger partial charge in [-0.2, -0.15) is 5.26 Å². The molecule has 0 saturated heterocycles. The van der Waals surface area contributed by atoms with Gasteiger partial charge in [-0.25, -0.2) is 0 Å². The van der Waals surface area contributed by atoms with Gasteiger partial charge >= 0.3 is 0 Å². The van der Waals surface area contributed by atoms with Crippen molar-refractivity contribution < 1.29 is 14.5 Å². The molecule has 3 aromatic carbocycles. The van der Waals surface area contributed by atoms with Gasteiger partial charge in [0, 0.05) is 22.3 Å². The third-order valence-corrected chi connectivity index (χ3v) is 5.70. The molecule has 10 heteroatoms. The smallest absolute Gasteiger partial charge is 0.269 e. The van der Waals surface area contributed by atoms with Crippen LogP contribution >= 0.6 is 43.5 Å². The van der Waals surface area contributed by atoms with Crippen LogP contribution in [0.25, 0.3) is 6.08 Å². The summed E-state index contributed by atoms with van der Waals surface area (Å²) in [5, 5.41) is 23.3. The zero-order valence-corrected chi connectivity index (χ0v) is 20.6. The maximum Gasteiger partial charge on any atom is 0.269 e. The normalized spacial score (nSPS) is 10.9. The summed E-state index contributed by atoms with van der Waals surface area (Å²) >= 11 is 13.1. The summed E-state index contributed by atoms with van der Waals surface area (Å²) in [5.41, 5.74) is 1.52. The lowest BCUT2D eigenvalue weighted by molar-refractivity contribution is -0.384. The minimum Gasteiger partial charge on any atom is -0.486 e. The molecule has 3 aromatic rings. The van der Waals surface area contributed by atoms with E-state index < -0.39 is 10.8 Å². The van der Waals surface area contributed by atoms with Crippen molar-refractivity contribution in [1.82, 2.24) is 0 Å². The number of nitrogens with zero attached hydrogens (tertiary/aromatic N) is 2. The molecule has 0 fully saturated rings. The maximum atomic E-state index is 12.5. The molecule has 0 bridgehead atoms. The zero-order chi connectivity index (χ0) is 24.0. The predicted molar refractivity (Wildman–Crippen MR) is 133 cm³/mol. The SMILES string of the molecule is N#C/C(=C/c1cc(Cl)c(OCc2cccc([N+](=O)[O-])c2)c(Br)c1)C(=O)Nc1ccc(Br)cc1. The second kappa shape index (κ2) is 11.1. The van der Waals surface area contributed by atoms with E-state index in [9.17, 15) is 20.2 Å². The van der Waals surface area contributed by atoms with Gasteiger partial charge in [-0.15, -0.1) is 0 Å². The lowest BCUT2D eigenvalue weighted by Crippen LogP contribution is -2.13. The number of nitro benzene ring substituents is 1. The number of rotatable bonds is 7. The monoisotopic (exact) mass is 589 g/mol. The Balaban J connectivity index is 1.76. The van der Waals surface area contributed by atoms with Gasteiger partial charge in [-0.05, 0) is 69.5 Å². The lowest BCUT2D eigenvalue weighted by Gasteiger charge is -2.11. The van der Waals surface area contributed by atoms with Crippen molar-refractivity contribution in [2.75, 3.05) is 5.32 Å². The fourth-order valence-corrected chi connectivity index (χ4v) is 4.02. The van der Waals surface area contributed by atoms with Crippen molar-refractivity contribution in [3.05, 3.63) is 101 Å². The molecule has 33 heavy (non-hydrogen) atoms. The molecule has 3 rings (SSSR count). The Bertz CT molecular complexity index is 1260. The number of benzene rings is 3. The fraction of sp³-hybridized carbons (Fsp3) is 0.0435. The van der Waals surface area contributed by atoms with Gasteiger partial charge in [0.15, 0.2) is 5.75 Å². The molecule has 0 heterocycles. The number of hydrogen-bond donors (Lipinski definition) is 1. The van der Waals surface area contributed by atoms with Crippen LogP contribution in [0.3, 0.4) is 0 Å². The fourth-order valence-electron chi connectivity index (χ4n) is 2.76. The van der Waals surface area contributed by atoms with E-state index in [1.807, 2.05) is 6.07 Å². The molecule has 0 atom stereocenters. The molecule has 0 aliphatic rings. The average Bonchev–Trinajstić information content (AvgIpc) is 2.78. The number of hydrogen-bond acceptors (Lipinski definition) is 5. The Kier molecular flexibility index (Phi) is 8.22. The Labute approximate surface area is 211 Å². The molecular formula is C23H14Br2ClN3O4. The van der Waals surface area contributed by atoms with Gasteiger partial charge in [-0.1, -0.05) is 39.7 Å². The Morgan fingerprint density at radius 3 is 2.55 bits per heavy atom. The minimum atomic E-state index is -0.557. The predicted octanol–water partition coefficient (Wildman–Crippen LogP) is 6.90. The van der Waals surface area contributed by atoms with Crippen LogP contribution < -0.4 is 10.1 Å². The lowest BCUT2D eigenvalue weighted by atomic mass is 10.1. The number of carbonyl (C=O) groups is 1. The first kappa shape index (κ1) is 24.5. The van der Waals surface area contributed by atoms with Crippen LogP contribution in [0, 0.1) is 21.4 Å². The van der Waals surface area contributed by atoms with Gasteiger partial charge in [0.05, 0.1) is 14.4 Å². The van der Waals surface area contributed by atoms with E-state index in [-0.39, 0.29) is 22.9 Å². The standard InChI is InChI=1S/C23H14Br2ClN3O4/c24-17-4-6-18(7-5-17)28-23(30)16(12-27)8-15-10-20(25)22(21(26)11-15)33-13-14-2-1-3-19(9-14)29(31)32/h1-11H,13H2,(H,28,30)/b16-8-. The number of non-ortho nitro benzene ring substituents is 1. The first-order chi connectivity index (χ1) is 15.8. The van der Waals surface area contributed by atoms with Crippen LogP contribution in [0.5, 0.6) is 5.75 Å². The second-order valence-corrected chi connectivity index (χ2v) is 8.84. The zero-order valence-electron chi connectivity index (χ0n) is 16.7. The maximum absolute atomic E-state index is 12.5. The highest BCUT2D eigenvalue weighted by molar-refractivity contribution is 9.10. The molecule has 1 amide bonds. The third-order valence-electron chi connectivity index (χ3n) is 4.30. The summed E-state index contributed by atoms with van der Waals surface area (Å²) in [7, 11) is 0. The molecule has 166 valence electrons. The largest absolute Gasteiger partial charge is 0.486 e. The quantitative estimate of drug-likeness (QED) is 0.139. The topological polar surface area (TPSA) is 105 Å². The van der Waals surface area contributed by atoms with Gasteiger partial charge in [0.1, 0.15) is 18.2 Å². The summed E-state index contributed by atoms with van der Waals surface area (Å²) in [5.74, 6) is -0.226. The highest BCUT2D eigenvalue weighted by Crippen LogP contribution is 2.36. The van der Waals surface area contributed by atoms with Crippen LogP contribution in [0.4, 0.5) is 11.4 Å². The summed E-state index contributed by atoms with van der Waals surface area (Å²) in [6.07, 6.45) is 1.41. The van der Waals surface area contributed by atoms with Crippen LogP contribution in [0.1, 0.15) is 11.1 Å². The van der Waals surface area contributed by atoms with E-state index in [2.05, 4.69) is 37.2 Å². The number of ether oxygens (including phenoxy) is 1. The number of halogens is 3. The number of anilines is 1. The molecule has 7 nitrogen and oxygen atoms in total. The summed E-state index contributed by atoms with van der Waals surface area (Å²) in [6, 6.07) is 18.1. The van der Waals surface area contributed by atoms with Crippen LogP contribution in [0.2, 0.25) is 5.02 Å². The molecule has 0 unspecified atom stereocenters. The molecule has 0 spiro atoms. The van der Waals surface area contributed by atoms with Gasteiger partial charge in [0.25, 0.3) is 11.6 Å². The van der Waals surface area contributed by atoms with Crippen molar-refractivity contribution in [2.24, 2.45) is 0 Å². The summed E-state index contributed by atoms with van der Waals surface area (Å²) < 4.78 is 7.10. The van der Waals surface area contributed by atoms with Gasteiger partial charge in [0.2, 0.25) is 0 Å². The summed E-state index contributed by atoms with van der Waals surface area (Å²) in [4.78, 5) is 22.9. The number of nitro groups is 1. The number of nitrogens with one attached hydrogen (secondary N) is 1. The minimum absolute atomic E-state index is 0.0350. The van der Waals surface area contributed by atoms with Gasteiger partial charge in [-0.3, -0.25) is 14.9 Å². The molecule has 0 aliphatic heterocycles. The molecule has 1 N–H and O–H groups in total. The van der Waals surface area contributed by atoms with Crippen molar-refractivity contribution in [2.45, 2.75) is 6.61 Å². The second-order valence-electron chi connectivity index (χ2n) is 6.66. The average molecular weight is 592 g/mol. The molecule has 0 radical (unpaired) electrons. The molecule has 0 saturated carbocycles. The van der Waals surface area contributed by atoms with Crippen LogP contribution in [-0.4, -0.2) is 10.8 Å². The Morgan fingerprint density at radius 1 is 1.18 bits per heavy atom. The third kappa shape index (κ3) is 6.65. The molecule has 0 aliphatic carbocycles. The first-order valence-corrected chi connectivity index (χ1v) is 11.3.